The number of benzene rings is 1. The standard InChI is InChI=1S/C12H26N2O2.C7H8/c1-6-10(2)14(9-7-8-13)11(15)16-12(3,4)5;1-7-5-3-2-4-6-7/h10H,6-9,13H2,1-5H3;2-6H,1H3/t10-;/m1./s1. The number of rotatable bonds is 5. The van der Waals surface area contributed by atoms with E-state index in [-0.39, 0.29) is 12.1 Å². The number of nitrogens with two attached hydrogens (primary N) is 1. The van der Waals surface area contributed by atoms with Gasteiger partial charge >= 0.3 is 6.09 Å². The molecule has 0 bridgehead atoms. The van der Waals surface area contributed by atoms with Gasteiger partial charge in [0.2, 0.25) is 0 Å². The summed E-state index contributed by atoms with van der Waals surface area (Å²) < 4.78 is 5.37. The highest BCUT2D eigenvalue weighted by molar-refractivity contribution is 5.68. The van der Waals surface area contributed by atoms with Crippen LogP contribution in [0.15, 0.2) is 30.3 Å². The summed E-state index contributed by atoms with van der Waals surface area (Å²) in [6.07, 6.45) is 1.49. The molecule has 1 atom stereocenters. The second-order valence-corrected chi connectivity index (χ2v) is 6.73. The van der Waals surface area contributed by atoms with E-state index in [0.29, 0.717) is 13.1 Å². The number of hydrogen-bond acceptors (Lipinski definition) is 3. The van der Waals surface area contributed by atoms with Gasteiger partial charge < -0.3 is 15.4 Å². The van der Waals surface area contributed by atoms with Gasteiger partial charge in [0.25, 0.3) is 0 Å². The van der Waals surface area contributed by atoms with Crippen molar-refractivity contribution in [1.29, 1.82) is 0 Å². The highest BCUT2D eigenvalue weighted by Crippen LogP contribution is 2.13. The smallest absolute Gasteiger partial charge is 0.410 e. The first-order valence-corrected chi connectivity index (χ1v) is 8.42. The fourth-order valence-corrected chi connectivity index (χ4v) is 1.83. The van der Waals surface area contributed by atoms with Crippen LogP contribution in [0.4, 0.5) is 4.79 Å². The van der Waals surface area contributed by atoms with Gasteiger partial charge in [-0.05, 0) is 54.0 Å². The molecular formula is C19H34N2O2. The van der Waals surface area contributed by atoms with Crippen LogP contribution in [0, 0.1) is 6.92 Å². The molecular weight excluding hydrogens is 288 g/mol. The van der Waals surface area contributed by atoms with E-state index in [0.717, 1.165) is 12.8 Å². The first-order chi connectivity index (χ1) is 10.7. The Morgan fingerprint density at radius 3 is 2.17 bits per heavy atom. The molecule has 132 valence electrons. The number of carbonyl (C=O) groups is 1. The Morgan fingerprint density at radius 2 is 1.83 bits per heavy atom. The predicted molar refractivity (Wildman–Crippen MR) is 97.5 cm³/mol. The van der Waals surface area contributed by atoms with Crippen LogP contribution in [-0.4, -0.2) is 35.7 Å². The van der Waals surface area contributed by atoms with E-state index in [2.05, 4.69) is 26.0 Å². The fraction of sp³-hybridized carbons (Fsp3) is 0.632. The van der Waals surface area contributed by atoms with Gasteiger partial charge in [-0.2, -0.15) is 0 Å². The van der Waals surface area contributed by atoms with Crippen molar-refractivity contribution in [2.75, 3.05) is 13.1 Å². The molecule has 2 N–H and O–H groups in total. The molecule has 1 aromatic rings. The summed E-state index contributed by atoms with van der Waals surface area (Å²) in [6, 6.07) is 10.5. The second-order valence-electron chi connectivity index (χ2n) is 6.73. The quantitative estimate of drug-likeness (QED) is 0.876. The van der Waals surface area contributed by atoms with Crippen LogP contribution in [0.5, 0.6) is 0 Å². The molecule has 4 nitrogen and oxygen atoms in total. The van der Waals surface area contributed by atoms with Crippen molar-refractivity contribution in [1.82, 2.24) is 4.90 Å². The number of aryl methyl sites for hydroxylation is 1. The van der Waals surface area contributed by atoms with Crippen molar-refractivity contribution >= 4 is 6.09 Å². The molecule has 0 unspecified atom stereocenters. The molecule has 0 fully saturated rings. The lowest BCUT2D eigenvalue weighted by Gasteiger charge is -2.31. The summed E-state index contributed by atoms with van der Waals surface area (Å²) in [7, 11) is 0. The van der Waals surface area contributed by atoms with Crippen LogP contribution in [0.1, 0.15) is 53.0 Å². The topological polar surface area (TPSA) is 55.6 Å². The zero-order valence-electron chi connectivity index (χ0n) is 15.6. The number of carbonyl (C=O) groups excluding carboxylic acids is 1. The van der Waals surface area contributed by atoms with E-state index < -0.39 is 5.60 Å². The van der Waals surface area contributed by atoms with E-state index in [1.54, 1.807) is 4.90 Å². The van der Waals surface area contributed by atoms with Crippen molar-refractivity contribution in [3.05, 3.63) is 35.9 Å². The lowest BCUT2D eigenvalue weighted by molar-refractivity contribution is 0.0171. The molecule has 0 aliphatic carbocycles. The second kappa shape index (κ2) is 11.1. The molecule has 0 spiro atoms. The number of hydrogen-bond donors (Lipinski definition) is 1. The van der Waals surface area contributed by atoms with Crippen LogP contribution < -0.4 is 5.73 Å². The molecule has 1 aromatic carbocycles. The summed E-state index contributed by atoms with van der Waals surface area (Å²) in [5.74, 6) is 0. The summed E-state index contributed by atoms with van der Waals surface area (Å²) in [4.78, 5) is 13.7. The number of ether oxygens (including phenoxy) is 1. The van der Waals surface area contributed by atoms with Crippen LogP contribution in [0.3, 0.4) is 0 Å². The van der Waals surface area contributed by atoms with E-state index in [9.17, 15) is 4.79 Å². The average molecular weight is 322 g/mol. The summed E-state index contributed by atoms with van der Waals surface area (Å²) in [5.41, 5.74) is 6.35. The largest absolute Gasteiger partial charge is 0.444 e. The zero-order chi connectivity index (χ0) is 17.9. The molecule has 0 aromatic heterocycles. The van der Waals surface area contributed by atoms with Gasteiger partial charge in [-0.25, -0.2) is 4.79 Å². The number of amides is 1. The van der Waals surface area contributed by atoms with Crippen molar-refractivity contribution in [2.45, 2.75) is 66.0 Å². The molecule has 0 saturated carbocycles. The van der Waals surface area contributed by atoms with Crippen LogP contribution >= 0.6 is 0 Å². The van der Waals surface area contributed by atoms with Crippen LogP contribution in [0.2, 0.25) is 0 Å². The van der Waals surface area contributed by atoms with E-state index in [1.807, 2.05) is 45.9 Å². The summed E-state index contributed by atoms with van der Waals surface area (Å²) >= 11 is 0. The maximum absolute atomic E-state index is 11.9. The maximum Gasteiger partial charge on any atom is 0.410 e. The molecule has 4 heteroatoms. The Kier molecular flexibility index (Phi) is 10.3. The van der Waals surface area contributed by atoms with Crippen molar-refractivity contribution in [3.8, 4) is 0 Å². The highest BCUT2D eigenvalue weighted by atomic mass is 16.6. The van der Waals surface area contributed by atoms with E-state index in [1.165, 1.54) is 5.56 Å². The Morgan fingerprint density at radius 1 is 1.26 bits per heavy atom. The molecule has 1 amide bonds. The van der Waals surface area contributed by atoms with Gasteiger partial charge in [0.05, 0.1) is 0 Å². The Hall–Kier alpha value is -1.55. The molecule has 0 aliphatic heterocycles. The van der Waals surface area contributed by atoms with Gasteiger partial charge in [0.1, 0.15) is 5.60 Å². The van der Waals surface area contributed by atoms with Crippen molar-refractivity contribution < 1.29 is 9.53 Å². The molecule has 0 aliphatic rings. The van der Waals surface area contributed by atoms with Gasteiger partial charge in [-0.1, -0.05) is 42.8 Å². The minimum atomic E-state index is -0.439. The molecule has 23 heavy (non-hydrogen) atoms. The van der Waals surface area contributed by atoms with Gasteiger partial charge in [-0.3, -0.25) is 0 Å². The van der Waals surface area contributed by atoms with E-state index >= 15 is 0 Å². The van der Waals surface area contributed by atoms with Gasteiger partial charge in [0.15, 0.2) is 0 Å². The molecule has 0 heterocycles. The minimum absolute atomic E-state index is 0.196. The lowest BCUT2D eigenvalue weighted by atomic mass is 10.2. The molecule has 1 rings (SSSR count). The number of nitrogens with zero attached hydrogens (tertiary/aromatic N) is 1. The van der Waals surface area contributed by atoms with Crippen molar-refractivity contribution in [2.24, 2.45) is 5.73 Å². The normalized spacial score (nSPS) is 12.0. The summed E-state index contributed by atoms with van der Waals surface area (Å²) in [6.45, 7) is 13.1. The third-order valence-corrected chi connectivity index (χ3v) is 3.29. The highest BCUT2D eigenvalue weighted by Gasteiger charge is 2.24. The third-order valence-electron chi connectivity index (χ3n) is 3.29. The predicted octanol–water partition coefficient (Wildman–Crippen LogP) is 4.37. The average Bonchev–Trinajstić information content (AvgIpc) is 2.47. The monoisotopic (exact) mass is 322 g/mol. The van der Waals surface area contributed by atoms with E-state index in [4.69, 9.17) is 10.5 Å². The van der Waals surface area contributed by atoms with Gasteiger partial charge in [0, 0.05) is 12.6 Å². The fourth-order valence-electron chi connectivity index (χ4n) is 1.83. The third kappa shape index (κ3) is 10.7. The molecule has 0 radical (unpaired) electrons. The lowest BCUT2D eigenvalue weighted by Crippen LogP contribution is -2.42. The van der Waals surface area contributed by atoms with Crippen LogP contribution in [-0.2, 0) is 4.74 Å². The first-order valence-electron chi connectivity index (χ1n) is 8.42. The zero-order valence-corrected chi connectivity index (χ0v) is 15.6. The molecule has 0 saturated heterocycles. The first kappa shape index (κ1) is 21.4. The minimum Gasteiger partial charge on any atom is -0.444 e. The Bertz CT molecular complexity index is 427. The van der Waals surface area contributed by atoms with Gasteiger partial charge in [-0.15, -0.1) is 0 Å². The Labute approximate surface area is 142 Å². The SMILES string of the molecule is CC[C@@H](C)N(CCCN)C(=O)OC(C)(C)C.Cc1ccccc1. The van der Waals surface area contributed by atoms with Crippen molar-refractivity contribution in [3.63, 3.8) is 0 Å². The van der Waals surface area contributed by atoms with Crippen LogP contribution in [0.25, 0.3) is 0 Å². The maximum atomic E-state index is 11.9. The Balaban J connectivity index is 0.000000568. The summed E-state index contributed by atoms with van der Waals surface area (Å²) in [5, 5.41) is 0.